The second-order valence-electron chi connectivity index (χ2n) is 7.58. The molecule has 1 fully saturated rings. The van der Waals surface area contributed by atoms with Gasteiger partial charge in [0.25, 0.3) is 5.91 Å². The number of halogens is 3. The fraction of sp³-hybridized carbons (Fsp3) is 0.450. The Kier molecular flexibility index (Phi) is 8.78. The average Bonchev–Trinajstić information content (AvgIpc) is 3.16. The van der Waals surface area contributed by atoms with E-state index in [2.05, 4.69) is 31.9 Å². The maximum absolute atomic E-state index is 13.9. The van der Waals surface area contributed by atoms with E-state index in [9.17, 15) is 18.4 Å². The van der Waals surface area contributed by atoms with Crippen molar-refractivity contribution in [2.24, 2.45) is 5.73 Å². The third-order valence-electron chi connectivity index (χ3n) is 5.12. The molecule has 4 N–H and O–H groups in total. The number of nitrogens with zero attached hydrogens (tertiary/aromatic N) is 3. The number of amides is 3. The molecule has 33 heavy (non-hydrogen) atoms. The van der Waals surface area contributed by atoms with Crippen molar-refractivity contribution in [1.82, 2.24) is 19.5 Å². The fourth-order valence-corrected chi connectivity index (χ4v) is 4.11. The first-order valence-electron chi connectivity index (χ1n) is 10.3. The smallest absolute Gasteiger partial charge is 0.319 e. The van der Waals surface area contributed by atoms with E-state index < -0.39 is 30.2 Å². The molecule has 2 aromatic rings. The molecule has 3 amide bonds. The summed E-state index contributed by atoms with van der Waals surface area (Å²) in [6.07, 6.45) is 0.778. The SMILES string of the molecule is CN1CCN(CCCNC(=O)Nc2snc(OCc3cc(F)c(Cl)cc3F)c2C(N)=O)CC1. The van der Waals surface area contributed by atoms with Gasteiger partial charge in [0.15, 0.2) is 0 Å². The summed E-state index contributed by atoms with van der Waals surface area (Å²) in [7, 11) is 2.09. The highest BCUT2D eigenvalue weighted by atomic mass is 35.5. The quantitative estimate of drug-likeness (QED) is 0.359. The predicted octanol–water partition coefficient (Wildman–Crippen LogP) is 2.51. The summed E-state index contributed by atoms with van der Waals surface area (Å²) in [6.45, 7) is 4.97. The molecule has 1 saturated heterocycles. The van der Waals surface area contributed by atoms with Gasteiger partial charge in [-0.25, -0.2) is 13.6 Å². The lowest BCUT2D eigenvalue weighted by atomic mass is 10.2. The number of primary amides is 1. The van der Waals surface area contributed by atoms with E-state index in [1.807, 2.05) is 0 Å². The maximum Gasteiger partial charge on any atom is 0.319 e. The van der Waals surface area contributed by atoms with E-state index in [1.54, 1.807) is 0 Å². The normalized spacial score (nSPS) is 14.8. The number of benzene rings is 1. The van der Waals surface area contributed by atoms with Crippen molar-refractivity contribution in [3.8, 4) is 5.88 Å². The Labute approximate surface area is 199 Å². The van der Waals surface area contributed by atoms with Crippen LogP contribution >= 0.6 is 23.1 Å². The minimum atomic E-state index is -0.883. The van der Waals surface area contributed by atoms with Crippen LogP contribution in [0.15, 0.2) is 12.1 Å². The molecule has 1 aromatic heterocycles. The lowest BCUT2D eigenvalue weighted by Gasteiger charge is -2.32. The van der Waals surface area contributed by atoms with Crippen molar-refractivity contribution >= 4 is 40.1 Å². The highest BCUT2D eigenvalue weighted by molar-refractivity contribution is 7.11. The summed E-state index contributed by atoms with van der Waals surface area (Å²) in [5.74, 6) is -2.65. The molecule has 3 rings (SSSR count). The highest BCUT2D eigenvalue weighted by Crippen LogP contribution is 2.31. The third kappa shape index (κ3) is 6.97. The molecule has 0 atom stereocenters. The van der Waals surface area contributed by atoms with Crippen molar-refractivity contribution in [3.63, 3.8) is 0 Å². The minimum absolute atomic E-state index is 0.0943. The molecule has 2 heterocycles. The second-order valence-corrected chi connectivity index (χ2v) is 8.76. The Bertz CT molecular complexity index is 1000. The molecule has 0 aliphatic carbocycles. The Hall–Kier alpha value is -2.54. The maximum atomic E-state index is 13.9. The van der Waals surface area contributed by atoms with E-state index in [0.29, 0.717) is 6.54 Å². The number of ether oxygens (including phenoxy) is 1. The molecule has 0 radical (unpaired) electrons. The molecular formula is C20H25ClF2N6O3S. The van der Waals surface area contributed by atoms with Crippen LogP contribution in [0, 0.1) is 11.6 Å². The van der Waals surface area contributed by atoms with E-state index >= 15 is 0 Å². The summed E-state index contributed by atoms with van der Waals surface area (Å²) in [4.78, 5) is 28.7. The standard InChI is InChI=1S/C20H25ClF2N6O3S/c1-28-5-7-29(8-6-28)4-2-3-25-20(31)26-19-16(17(24)30)18(27-33-19)32-11-12-9-15(23)13(21)10-14(12)22/h9-10H,2-8,11H2,1H3,(H2,24,30)(H2,25,26,31). The number of piperazine rings is 1. The highest BCUT2D eigenvalue weighted by Gasteiger charge is 2.22. The summed E-state index contributed by atoms with van der Waals surface area (Å²) in [5.41, 5.74) is 5.14. The van der Waals surface area contributed by atoms with Crippen LogP contribution in [0.5, 0.6) is 5.88 Å². The molecule has 1 aromatic carbocycles. The molecule has 0 unspecified atom stereocenters. The van der Waals surface area contributed by atoms with E-state index in [-0.39, 0.29) is 27.0 Å². The molecule has 180 valence electrons. The van der Waals surface area contributed by atoms with Gasteiger partial charge in [-0.2, -0.15) is 4.37 Å². The van der Waals surface area contributed by atoms with Gasteiger partial charge in [0.1, 0.15) is 28.8 Å². The Morgan fingerprint density at radius 1 is 1.24 bits per heavy atom. The van der Waals surface area contributed by atoms with Gasteiger partial charge in [0.05, 0.1) is 5.02 Å². The van der Waals surface area contributed by atoms with Gasteiger partial charge in [0, 0.05) is 38.3 Å². The summed E-state index contributed by atoms with van der Waals surface area (Å²) in [6, 6.07) is 1.20. The van der Waals surface area contributed by atoms with E-state index in [0.717, 1.165) is 62.8 Å². The number of urea groups is 1. The molecule has 1 aliphatic rings. The number of rotatable bonds is 9. The Morgan fingerprint density at radius 2 is 1.97 bits per heavy atom. The number of hydrogen-bond acceptors (Lipinski definition) is 7. The average molecular weight is 503 g/mol. The van der Waals surface area contributed by atoms with Crippen LogP contribution in [0.3, 0.4) is 0 Å². The van der Waals surface area contributed by atoms with Gasteiger partial charge in [0.2, 0.25) is 5.88 Å². The molecular weight excluding hydrogens is 478 g/mol. The predicted molar refractivity (Wildman–Crippen MR) is 122 cm³/mol. The minimum Gasteiger partial charge on any atom is -0.471 e. The molecule has 0 spiro atoms. The van der Waals surface area contributed by atoms with Crippen LogP contribution in [-0.4, -0.2) is 72.4 Å². The van der Waals surface area contributed by atoms with Gasteiger partial charge in [-0.1, -0.05) is 11.6 Å². The lowest BCUT2D eigenvalue weighted by molar-refractivity contribution is 0.0996. The Balaban J connectivity index is 1.52. The first-order chi connectivity index (χ1) is 15.7. The van der Waals surface area contributed by atoms with Gasteiger partial charge in [-0.3, -0.25) is 10.1 Å². The molecule has 0 bridgehead atoms. The first-order valence-corrected chi connectivity index (χ1v) is 11.4. The van der Waals surface area contributed by atoms with Crippen molar-refractivity contribution < 1.29 is 23.1 Å². The fourth-order valence-electron chi connectivity index (χ4n) is 3.22. The second kappa shape index (κ2) is 11.5. The number of nitrogens with one attached hydrogen (secondary N) is 2. The van der Waals surface area contributed by atoms with E-state index in [4.69, 9.17) is 22.1 Å². The number of anilines is 1. The lowest BCUT2D eigenvalue weighted by Crippen LogP contribution is -2.45. The van der Waals surface area contributed by atoms with Gasteiger partial charge >= 0.3 is 6.03 Å². The number of nitrogens with two attached hydrogens (primary N) is 1. The summed E-state index contributed by atoms with van der Waals surface area (Å²) in [5, 5.41) is 5.00. The van der Waals surface area contributed by atoms with Gasteiger partial charge < -0.3 is 25.6 Å². The van der Waals surface area contributed by atoms with Crippen LogP contribution in [0.25, 0.3) is 0 Å². The zero-order chi connectivity index (χ0) is 24.0. The number of carbonyl (C=O) groups excluding carboxylic acids is 2. The van der Waals surface area contributed by atoms with Crippen molar-refractivity contribution in [2.45, 2.75) is 13.0 Å². The van der Waals surface area contributed by atoms with Crippen LogP contribution < -0.4 is 21.1 Å². The van der Waals surface area contributed by atoms with Crippen LogP contribution in [0.1, 0.15) is 22.3 Å². The van der Waals surface area contributed by atoms with Crippen LogP contribution in [0.4, 0.5) is 18.6 Å². The Morgan fingerprint density at radius 3 is 2.67 bits per heavy atom. The largest absolute Gasteiger partial charge is 0.471 e. The molecule has 9 nitrogen and oxygen atoms in total. The van der Waals surface area contributed by atoms with Crippen molar-refractivity contribution in [1.29, 1.82) is 0 Å². The van der Waals surface area contributed by atoms with Crippen LogP contribution in [0.2, 0.25) is 5.02 Å². The molecule has 0 saturated carbocycles. The van der Waals surface area contributed by atoms with Crippen molar-refractivity contribution in [3.05, 3.63) is 39.9 Å². The number of likely N-dealkylation sites (N-methyl/N-ethyl adjacent to an activating group) is 1. The van der Waals surface area contributed by atoms with Crippen LogP contribution in [-0.2, 0) is 6.61 Å². The summed E-state index contributed by atoms with van der Waals surface area (Å²) >= 11 is 6.32. The topological polar surface area (TPSA) is 113 Å². The molecule has 1 aliphatic heterocycles. The molecule has 13 heteroatoms. The third-order valence-corrected chi connectivity index (χ3v) is 6.16. The number of aromatic nitrogens is 1. The van der Waals surface area contributed by atoms with Crippen molar-refractivity contribution in [2.75, 3.05) is 51.6 Å². The van der Waals surface area contributed by atoms with Gasteiger partial charge in [-0.15, -0.1) is 0 Å². The monoisotopic (exact) mass is 502 g/mol. The first kappa shape index (κ1) is 25.1. The zero-order valence-corrected chi connectivity index (χ0v) is 19.6. The van der Waals surface area contributed by atoms with Gasteiger partial charge in [-0.05, 0) is 43.7 Å². The zero-order valence-electron chi connectivity index (χ0n) is 18.0. The van der Waals surface area contributed by atoms with E-state index in [1.165, 1.54) is 0 Å². The number of hydrogen-bond donors (Lipinski definition) is 3. The number of carbonyl (C=O) groups is 2. The summed E-state index contributed by atoms with van der Waals surface area (Å²) < 4.78 is 36.9.